The van der Waals surface area contributed by atoms with Crippen LogP contribution < -0.4 is 0 Å². The minimum atomic E-state index is -1.21. The first-order valence-electron chi connectivity index (χ1n) is 11.2. The van der Waals surface area contributed by atoms with Crippen molar-refractivity contribution in [3.63, 3.8) is 0 Å². The van der Waals surface area contributed by atoms with Crippen molar-refractivity contribution in [1.82, 2.24) is 0 Å². The van der Waals surface area contributed by atoms with E-state index < -0.39 is 59.8 Å². The largest absolute Gasteiger partial charge is 0.373 e. The van der Waals surface area contributed by atoms with Gasteiger partial charge in [-0.25, -0.2) is 0 Å². The second kappa shape index (κ2) is 9.33. The van der Waals surface area contributed by atoms with Crippen LogP contribution in [0.3, 0.4) is 0 Å². The van der Waals surface area contributed by atoms with Gasteiger partial charge in [-0.2, -0.15) is 0 Å². The molecule has 0 bridgehead atoms. The molecule has 2 heterocycles. The van der Waals surface area contributed by atoms with E-state index in [1.165, 1.54) is 0 Å². The number of rotatable bonds is 8. The van der Waals surface area contributed by atoms with Crippen molar-refractivity contribution in [1.29, 1.82) is 0 Å². The molecule has 10 nitrogen and oxygen atoms in total. The van der Waals surface area contributed by atoms with Crippen molar-refractivity contribution in [2.75, 3.05) is 41.7 Å². The van der Waals surface area contributed by atoms with Gasteiger partial charge >= 0.3 is 0 Å². The van der Waals surface area contributed by atoms with Gasteiger partial charge in [0.1, 0.15) is 36.6 Å². The third-order valence-corrected chi connectivity index (χ3v) is 7.31. The second-order valence-corrected chi connectivity index (χ2v) is 8.77. The summed E-state index contributed by atoms with van der Waals surface area (Å²) >= 11 is 0. The van der Waals surface area contributed by atoms with E-state index in [0.29, 0.717) is 13.2 Å². The molecule has 1 saturated carbocycles. The predicted octanol–water partition coefficient (Wildman–Crippen LogP) is 1.83. The SMILES string of the molecule is CCO[C@@H]1[C@H]2OC(C)(OC)C(C)(OC)O[C@@H]2[C@H](OCC)[C@@H]2OC(C)(OC)C(C)(OC)O[C@@H]12. The van der Waals surface area contributed by atoms with Gasteiger partial charge in [0.15, 0.2) is 0 Å². The summed E-state index contributed by atoms with van der Waals surface area (Å²) < 4.78 is 61.3. The first-order valence-corrected chi connectivity index (χ1v) is 11.2. The molecule has 4 unspecified atom stereocenters. The Morgan fingerprint density at radius 3 is 0.875 bits per heavy atom. The van der Waals surface area contributed by atoms with Gasteiger partial charge in [-0.05, 0) is 41.5 Å². The molecule has 3 rings (SSSR count). The molecular formula is C22H40O10. The molecule has 2 aliphatic heterocycles. The Balaban J connectivity index is 2.09. The normalized spacial score (nSPS) is 51.2. The first kappa shape index (κ1) is 26.2. The van der Waals surface area contributed by atoms with Crippen LogP contribution in [0.1, 0.15) is 41.5 Å². The molecule has 1 aliphatic carbocycles. The molecule has 10 atom stereocenters. The van der Waals surface area contributed by atoms with E-state index in [9.17, 15) is 0 Å². The molecule has 3 fully saturated rings. The van der Waals surface area contributed by atoms with Gasteiger partial charge in [0.05, 0.1) is 0 Å². The van der Waals surface area contributed by atoms with Gasteiger partial charge in [-0.1, -0.05) is 0 Å². The lowest BCUT2D eigenvalue weighted by Gasteiger charge is -2.62. The second-order valence-electron chi connectivity index (χ2n) is 8.77. The summed E-state index contributed by atoms with van der Waals surface area (Å²) in [6.07, 6.45) is -3.46. The van der Waals surface area contributed by atoms with Gasteiger partial charge < -0.3 is 47.4 Å². The maximum Gasteiger partial charge on any atom is 0.220 e. The van der Waals surface area contributed by atoms with Gasteiger partial charge in [0, 0.05) is 41.7 Å². The van der Waals surface area contributed by atoms with Gasteiger partial charge in [-0.3, -0.25) is 0 Å². The Labute approximate surface area is 191 Å². The van der Waals surface area contributed by atoms with Crippen molar-refractivity contribution >= 4 is 0 Å². The third-order valence-electron chi connectivity index (χ3n) is 7.31. The molecule has 0 spiro atoms. The molecule has 0 aromatic carbocycles. The fraction of sp³-hybridized carbons (Fsp3) is 1.00. The van der Waals surface area contributed by atoms with E-state index in [0.717, 1.165) is 0 Å². The summed E-state index contributed by atoms with van der Waals surface area (Å²) in [4.78, 5) is 0. The van der Waals surface area contributed by atoms with Crippen molar-refractivity contribution in [2.24, 2.45) is 0 Å². The maximum atomic E-state index is 6.52. The lowest BCUT2D eigenvalue weighted by atomic mass is 9.80. The van der Waals surface area contributed by atoms with Gasteiger partial charge in [0.25, 0.3) is 0 Å². The van der Waals surface area contributed by atoms with Gasteiger partial charge in [0.2, 0.25) is 23.1 Å². The quantitative estimate of drug-likeness (QED) is 0.530. The van der Waals surface area contributed by atoms with Crippen LogP contribution in [0, 0.1) is 0 Å². The van der Waals surface area contributed by atoms with E-state index in [1.807, 2.05) is 13.8 Å². The highest BCUT2D eigenvalue weighted by Crippen LogP contribution is 2.50. The molecule has 2 saturated heterocycles. The highest BCUT2D eigenvalue weighted by Gasteiger charge is 2.69. The molecule has 0 amide bonds. The van der Waals surface area contributed by atoms with Crippen LogP contribution in [0.25, 0.3) is 0 Å². The third kappa shape index (κ3) is 3.82. The maximum absolute atomic E-state index is 6.52. The minimum Gasteiger partial charge on any atom is -0.373 e. The van der Waals surface area contributed by atoms with E-state index >= 15 is 0 Å². The van der Waals surface area contributed by atoms with Crippen molar-refractivity contribution in [3.05, 3.63) is 0 Å². The van der Waals surface area contributed by atoms with Crippen LogP contribution in [0.2, 0.25) is 0 Å². The first-order chi connectivity index (χ1) is 15.0. The summed E-state index contributed by atoms with van der Waals surface area (Å²) in [7, 11) is 6.20. The predicted molar refractivity (Wildman–Crippen MR) is 112 cm³/mol. The van der Waals surface area contributed by atoms with E-state index in [-0.39, 0.29) is 0 Å². The van der Waals surface area contributed by atoms with E-state index in [4.69, 9.17) is 47.4 Å². The Morgan fingerprint density at radius 1 is 0.500 bits per heavy atom. The zero-order valence-electron chi connectivity index (χ0n) is 21.0. The average molecular weight is 465 g/mol. The minimum absolute atomic E-state index is 0.430. The zero-order chi connectivity index (χ0) is 23.9. The Morgan fingerprint density at radius 2 is 0.719 bits per heavy atom. The Kier molecular flexibility index (Phi) is 7.64. The monoisotopic (exact) mass is 464 g/mol. The van der Waals surface area contributed by atoms with Crippen LogP contribution in [0.15, 0.2) is 0 Å². The number of fused-ring (bicyclic) bond motifs is 2. The topological polar surface area (TPSA) is 92.3 Å². The average Bonchev–Trinajstić information content (AvgIpc) is 2.78. The van der Waals surface area contributed by atoms with Crippen molar-refractivity contribution in [3.8, 4) is 0 Å². The highest BCUT2D eigenvalue weighted by molar-refractivity contribution is 5.10. The lowest BCUT2D eigenvalue weighted by molar-refractivity contribution is -0.506. The molecule has 0 aromatic heterocycles. The summed E-state index contributed by atoms with van der Waals surface area (Å²) in [6, 6.07) is 0. The molecule has 0 N–H and O–H groups in total. The van der Waals surface area contributed by atoms with E-state index in [2.05, 4.69) is 0 Å². The molecule has 188 valence electrons. The molecule has 10 heteroatoms. The van der Waals surface area contributed by atoms with Gasteiger partial charge in [-0.15, -0.1) is 0 Å². The number of hydrogen-bond donors (Lipinski definition) is 0. The molecule has 3 aliphatic rings. The van der Waals surface area contributed by atoms with Crippen molar-refractivity contribution < 1.29 is 47.4 Å². The summed E-state index contributed by atoms with van der Waals surface area (Å²) in [6.45, 7) is 11.8. The van der Waals surface area contributed by atoms with E-state index in [1.54, 1.807) is 56.1 Å². The van der Waals surface area contributed by atoms with Crippen LogP contribution in [-0.4, -0.2) is 101 Å². The fourth-order valence-electron chi connectivity index (χ4n) is 4.82. The molecule has 0 radical (unpaired) electrons. The highest BCUT2D eigenvalue weighted by atomic mass is 16.8. The number of ether oxygens (including phenoxy) is 10. The summed E-state index contributed by atoms with van der Waals surface area (Å²) in [5.74, 6) is -4.82. The standard InChI is InChI=1S/C22H40O10/c1-11-27-13-15-17(31-21(5,25-9)19(3,23-7)29-15)14(28-12-2)18-16(13)30-20(4,24-8)22(6,26-10)32-18/h13-18H,11-12H2,1-10H3/t13-,14+,15-,16+,17-,18+,19?,20?,21?,22?. The Hall–Kier alpha value is -0.400. The zero-order valence-corrected chi connectivity index (χ0v) is 21.0. The van der Waals surface area contributed by atoms with Crippen LogP contribution >= 0.6 is 0 Å². The van der Waals surface area contributed by atoms with Crippen LogP contribution in [0.5, 0.6) is 0 Å². The molecule has 0 aromatic rings. The summed E-state index contributed by atoms with van der Waals surface area (Å²) in [5, 5.41) is 0. The smallest absolute Gasteiger partial charge is 0.220 e. The van der Waals surface area contributed by atoms with Crippen LogP contribution in [-0.2, 0) is 47.4 Å². The molecule has 32 heavy (non-hydrogen) atoms. The lowest BCUT2D eigenvalue weighted by Crippen LogP contribution is -2.79. The Bertz CT molecular complexity index is 548. The summed E-state index contributed by atoms with van der Waals surface area (Å²) in [5.41, 5.74) is 0. The fourth-order valence-corrected chi connectivity index (χ4v) is 4.82. The molecular weight excluding hydrogens is 424 g/mol. The number of methoxy groups -OCH3 is 4. The van der Waals surface area contributed by atoms with Crippen LogP contribution in [0.4, 0.5) is 0 Å². The van der Waals surface area contributed by atoms with Crippen molar-refractivity contribution in [2.45, 2.75) is 101 Å². The number of hydrogen-bond acceptors (Lipinski definition) is 10.